The summed E-state index contributed by atoms with van der Waals surface area (Å²) in [4.78, 5) is 34.2. The van der Waals surface area contributed by atoms with Crippen molar-refractivity contribution >= 4 is 51.6 Å². The van der Waals surface area contributed by atoms with Crippen LogP contribution in [0.5, 0.6) is 0 Å². The molecule has 1 aromatic heterocycles. The highest BCUT2D eigenvalue weighted by Gasteiger charge is 2.28. The molecule has 0 bridgehead atoms. The first-order valence-corrected chi connectivity index (χ1v) is 12.9. The van der Waals surface area contributed by atoms with E-state index in [0.717, 1.165) is 18.4 Å². The van der Waals surface area contributed by atoms with E-state index in [1.54, 1.807) is 58.0 Å². The molecule has 36 heavy (non-hydrogen) atoms. The second kappa shape index (κ2) is 11.0. The number of carbonyl (C=O) groups is 1. The van der Waals surface area contributed by atoms with Gasteiger partial charge in [0.05, 0.1) is 33.2 Å². The predicted octanol–water partition coefficient (Wildman–Crippen LogP) is 7.66. The minimum absolute atomic E-state index is 0.208. The van der Waals surface area contributed by atoms with E-state index in [4.69, 9.17) is 39.8 Å². The second-order valence-corrected chi connectivity index (χ2v) is 9.99. The first-order chi connectivity index (χ1) is 17.2. The lowest BCUT2D eigenvalue weighted by molar-refractivity contribution is 0.0678. The molecule has 0 saturated heterocycles. The van der Waals surface area contributed by atoms with Gasteiger partial charge in [-0.15, -0.1) is 0 Å². The Kier molecular flexibility index (Phi) is 8.04. The molecule has 1 heterocycles. The van der Waals surface area contributed by atoms with E-state index in [-0.39, 0.29) is 16.5 Å². The fourth-order valence-corrected chi connectivity index (χ4v) is 5.01. The van der Waals surface area contributed by atoms with Gasteiger partial charge in [-0.05, 0) is 74.4 Å². The number of carbonyl (C=O) groups excluding carboxylic acids is 1. The van der Waals surface area contributed by atoms with Crippen molar-refractivity contribution in [3.63, 3.8) is 0 Å². The zero-order valence-corrected chi connectivity index (χ0v) is 22.5. The zero-order chi connectivity index (χ0) is 26.0. The Morgan fingerprint density at radius 2 is 1.72 bits per heavy atom. The average Bonchev–Trinajstić information content (AvgIpc) is 2.84. The summed E-state index contributed by atoms with van der Waals surface area (Å²) >= 11 is 18.7. The maximum atomic E-state index is 13.8. The highest BCUT2D eigenvalue weighted by atomic mass is 35.5. The molecule has 0 radical (unpaired) electrons. The van der Waals surface area contributed by atoms with Gasteiger partial charge in [0.15, 0.2) is 0 Å². The van der Waals surface area contributed by atoms with E-state index in [1.165, 1.54) is 0 Å². The molecule has 0 aliphatic heterocycles. The number of fused-ring (bicyclic) bond motifs is 1. The summed E-state index contributed by atoms with van der Waals surface area (Å²) in [7, 11) is 0. The lowest BCUT2D eigenvalue weighted by Crippen LogP contribution is -2.38. The monoisotopic (exact) mass is 541 g/mol. The lowest BCUT2D eigenvalue weighted by Gasteiger charge is -2.31. The standard InChI is InChI=1S/C28H26Cl3N3O2/c1-4-5-14-33(27(35)21-12-10-20(30)16-23(21)31)18(3)26-32-24-9-7-6-8-22(24)28(36)34(26)25-13-11-19(29)15-17(25)2/h6-13,15-16,18H,4-5,14H2,1-3H3. The molecule has 5 nitrogen and oxygen atoms in total. The summed E-state index contributed by atoms with van der Waals surface area (Å²) in [5.74, 6) is 0.207. The molecule has 186 valence electrons. The number of unbranched alkanes of at least 4 members (excludes halogenated alkanes) is 1. The van der Waals surface area contributed by atoms with Crippen LogP contribution >= 0.6 is 34.8 Å². The van der Waals surface area contributed by atoms with E-state index in [2.05, 4.69) is 6.92 Å². The molecule has 0 fully saturated rings. The molecule has 8 heteroatoms. The normalized spacial score (nSPS) is 12.1. The predicted molar refractivity (Wildman–Crippen MR) is 148 cm³/mol. The van der Waals surface area contributed by atoms with Gasteiger partial charge in [0.1, 0.15) is 5.82 Å². The van der Waals surface area contributed by atoms with Crippen molar-refractivity contribution in [1.82, 2.24) is 14.5 Å². The molecule has 0 aliphatic rings. The van der Waals surface area contributed by atoms with E-state index in [0.29, 0.717) is 44.6 Å². The van der Waals surface area contributed by atoms with Gasteiger partial charge in [0.2, 0.25) is 0 Å². The fraction of sp³-hybridized carbons (Fsp3) is 0.250. The largest absolute Gasteiger partial charge is 0.329 e. The van der Waals surface area contributed by atoms with Crippen molar-refractivity contribution in [2.75, 3.05) is 6.54 Å². The molecule has 1 amide bonds. The maximum absolute atomic E-state index is 13.8. The van der Waals surface area contributed by atoms with E-state index in [1.807, 2.05) is 26.0 Å². The quantitative estimate of drug-likeness (QED) is 0.241. The third-order valence-corrected chi connectivity index (χ3v) is 7.00. The van der Waals surface area contributed by atoms with Crippen LogP contribution in [-0.4, -0.2) is 26.9 Å². The van der Waals surface area contributed by atoms with Crippen LogP contribution in [0, 0.1) is 6.92 Å². The molecule has 1 unspecified atom stereocenters. The Balaban J connectivity index is 1.93. The van der Waals surface area contributed by atoms with Gasteiger partial charge in [-0.25, -0.2) is 4.98 Å². The molecule has 3 aromatic carbocycles. The SMILES string of the molecule is CCCCN(C(=O)c1ccc(Cl)cc1Cl)C(C)c1nc2ccccc2c(=O)n1-c1ccc(Cl)cc1C. The lowest BCUT2D eigenvalue weighted by atomic mass is 10.1. The van der Waals surface area contributed by atoms with Crippen LogP contribution in [0.4, 0.5) is 0 Å². The summed E-state index contributed by atoms with van der Waals surface area (Å²) < 4.78 is 1.59. The van der Waals surface area contributed by atoms with Gasteiger partial charge >= 0.3 is 0 Å². The number of hydrogen-bond acceptors (Lipinski definition) is 3. The molecule has 4 aromatic rings. The third kappa shape index (κ3) is 5.15. The molecule has 0 aliphatic carbocycles. The number of amides is 1. The Labute approximate surface area is 225 Å². The molecule has 0 N–H and O–H groups in total. The second-order valence-electron chi connectivity index (χ2n) is 8.71. The molecular weight excluding hydrogens is 517 g/mol. The van der Waals surface area contributed by atoms with Crippen LogP contribution in [0.2, 0.25) is 15.1 Å². The fourth-order valence-electron chi connectivity index (χ4n) is 4.29. The smallest absolute Gasteiger partial charge is 0.266 e. The highest BCUT2D eigenvalue weighted by molar-refractivity contribution is 6.36. The third-order valence-electron chi connectivity index (χ3n) is 6.22. The summed E-state index contributed by atoms with van der Waals surface area (Å²) in [6, 6.07) is 16.9. The van der Waals surface area contributed by atoms with Gasteiger partial charge in [0, 0.05) is 16.6 Å². The van der Waals surface area contributed by atoms with Crippen LogP contribution in [0.15, 0.2) is 65.5 Å². The minimum atomic E-state index is -0.539. The van der Waals surface area contributed by atoms with E-state index < -0.39 is 6.04 Å². The number of para-hydroxylation sites is 1. The summed E-state index contributed by atoms with van der Waals surface area (Å²) in [5.41, 5.74) is 2.19. The van der Waals surface area contributed by atoms with Crippen LogP contribution in [0.3, 0.4) is 0 Å². The summed E-state index contributed by atoms with van der Waals surface area (Å²) in [6.07, 6.45) is 1.66. The number of halogens is 3. The minimum Gasteiger partial charge on any atom is -0.329 e. The van der Waals surface area contributed by atoms with Gasteiger partial charge in [-0.2, -0.15) is 0 Å². The van der Waals surface area contributed by atoms with Gasteiger partial charge in [-0.1, -0.05) is 60.3 Å². The zero-order valence-electron chi connectivity index (χ0n) is 20.3. The van der Waals surface area contributed by atoms with Crippen molar-refractivity contribution in [2.45, 2.75) is 39.7 Å². The van der Waals surface area contributed by atoms with E-state index >= 15 is 0 Å². The van der Waals surface area contributed by atoms with Crippen molar-refractivity contribution < 1.29 is 4.79 Å². The Morgan fingerprint density at radius 3 is 2.42 bits per heavy atom. The molecule has 0 spiro atoms. The number of aryl methyl sites for hydroxylation is 1. The Morgan fingerprint density at radius 1 is 1.03 bits per heavy atom. The molecule has 4 rings (SSSR count). The number of hydrogen-bond donors (Lipinski definition) is 0. The van der Waals surface area contributed by atoms with Crippen molar-refractivity contribution in [3.8, 4) is 5.69 Å². The number of aromatic nitrogens is 2. The van der Waals surface area contributed by atoms with E-state index in [9.17, 15) is 9.59 Å². The summed E-state index contributed by atoms with van der Waals surface area (Å²) in [6.45, 7) is 6.31. The van der Waals surface area contributed by atoms with Gasteiger partial charge < -0.3 is 4.90 Å². The number of rotatable bonds is 7. The molecular formula is C28H26Cl3N3O2. The highest BCUT2D eigenvalue weighted by Crippen LogP contribution is 2.29. The van der Waals surface area contributed by atoms with Crippen LogP contribution < -0.4 is 5.56 Å². The van der Waals surface area contributed by atoms with Crippen LogP contribution in [-0.2, 0) is 0 Å². The maximum Gasteiger partial charge on any atom is 0.266 e. The molecule has 1 atom stereocenters. The Bertz CT molecular complexity index is 1500. The van der Waals surface area contributed by atoms with Gasteiger partial charge in [-0.3, -0.25) is 14.2 Å². The van der Waals surface area contributed by atoms with Crippen LogP contribution in [0.25, 0.3) is 16.6 Å². The van der Waals surface area contributed by atoms with Crippen molar-refractivity contribution in [3.05, 3.63) is 103 Å². The summed E-state index contributed by atoms with van der Waals surface area (Å²) in [5, 5.41) is 1.80. The molecule has 0 saturated carbocycles. The first-order valence-electron chi connectivity index (χ1n) is 11.8. The average molecular weight is 543 g/mol. The number of benzene rings is 3. The van der Waals surface area contributed by atoms with Crippen LogP contribution in [0.1, 0.15) is 54.5 Å². The van der Waals surface area contributed by atoms with Crippen molar-refractivity contribution in [1.29, 1.82) is 0 Å². The topological polar surface area (TPSA) is 55.2 Å². The van der Waals surface area contributed by atoms with Crippen molar-refractivity contribution in [2.24, 2.45) is 0 Å². The Hall–Kier alpha value is -2.86. The van der Waals surface area contributed by atoms with Gasteiger partial charge in [0.25, 0.3) is 11.5 Å². The first kappa shape index (κ1) is 26.2. The number of nitrogens with zero attached hydrogens (tertiary/aromatic N) is 3.